The van der Waals surface area contributed by atoms with Crippen LogP contribution < -0.4 is 10.6 Å². The van der Waals surface area contributed by atoms with E-state index in [2.05, 4.69) is 10.6 Å². The van der Waals surface area contributed by atoms with Crippen LogP contribution >= 0.6 is 0 Å². The first-order chi connectivity index (χ1) is 9.58. The highest BCUT2D eigenvalue weighted by molar-refractivity contribution is 5.82. The molecule has 0 bridgehead atoms. The molecule has 3 N–H and O–H groups in total. The van der Waals surface area contributed by atoms with Crippen LogP contribution in [0.15, 0.2) is 0 Å². The Labute approximate surface area is 120 Å². The van der Waals surface area contributed by atoms with Crippen LogP contribution in [0.5, 0.6) is 0 Å². The number of carboxylic acid groups (broad SMARTS) is 1. The number of methoxy groups -OCH3 is 1. The second kappa shape index (κ2) is 8.79. The van der Waals surface area contributed by atoms with Gasteiger partial charge in [-0.1, -0.05) is 26.2 Å². The van der Waals surface area contributed by atoms with E-state index >= 15 is 0 Å². The first-order valence-electron chi connectivity index (χ1n) is 7.37. The maximum absolute atomic E-state index is 11.9. The van der Waals surface area contributed by atoms with E-state index in [9.17, 15) is 14.7 Å². The summed E-state index contributed by atoms with van der Waals surface area (Å²) in [5, 5.41) is 14.7. The molecule has 0 aromatic carbocycles. The first-order valence-corrected chi connectivity index (χ1v) is 7.37. The van der Waals surface area contributed by atoms with Crippen LogP contribution in [-0.4, -0.2) is 42.9 Å². The van der Waals surface area contributed by atoms with Gasteiger partial charge in [0.1, 0.15) is 6.04 Å². The van der Waals surface area contributed by atoms with E-state index in [1.54, 1.807) is 7.11 Å². The standard InChI is InChI=1S/C14H26N2O4/c1-3-11(9-20-2)15-14(19)16-12(13(17)18)10-7-5-4-6-8-10/h10-12H,3-9H2,1-2H3,(H,17,18)(H2,15,16,19). The van der Waals surface area contributed by atoms with Gasteiger partial charge in [0.05, 0.1) is 12.6 Å². The molecule has 116 valence electrons. The first kappa shape index (κ1) is 16.8. The normalized spacial score (nSPS) is 19.1. The highest BCUT2D eigenvalue weighted by Crippen LogP contribution is 2.26. The van der Waals surface area contributed by atoms with Gasteiger partial charge in [0.25, 0.3) is 0 Å². The fourth-order valence-corrected chi connectivity index (χ4v) is 2.68. The largest absolute Gasteiger partial charge is 0.480 e. The third kappa shape index (κ3) is 5.36. The molecule has 1 fully saturated rings. The molecular weight excluding hydrogens is 260 g/mol. The number of hydrogen-bond donors (Lipinski definition) is 3. The average Bonchev–Trinajstić information content (AvgIpc) is 2.45. The number of aliphatic carboxylic acids is 1. The van der Waals surface area contributed by atoms with Crippen LogP contribution in [0.2, 0.25) is 0 Å². The summed E-state index contributed by atoms with van der Waals surface area (Å²) in [6.07, 6.45) is 5.71. The van der Waals surface area contributed by atoms with E-state index in [1.807, 2.05) is 6.92 Å². The van der Waals surface area contributed by atoms with Crippen molar-refractivity contribution in [3.63, 3.8) is 0 Å². The summed E-state index contributed by atoms with van der Waals surface area (Å²) in [7, 11) is 1.57. The smallest absolute Gasteiger partial charge is 0.326 e. The van der Waals surface area contributed by atoms with E-state index in [-0.39, 0.29) is 12.0 Å². The number of carboxylic acids is 1. The number of rotatable bonds is 7. The minimum atomic E-state index is -0.952. The second-order valence-corrected chi connectivity index (χ2v) is 5.39. The molecule has 0 aliphatic heterocycles. The Morgan fingerprint density at radius 1 is 1.25 bits per heavy atom. The lowest BCUT2D eigenvalue weighted by atomic mass is 9.84. The molecule has 1 saturated carbocycles. The molecule has 1 rings (SSSR count). The Bertz CT molecular complexity index is 316. The van der Waals surface area contributed by atoms with Gasteiger partial charge >= 0.3 is 12.0 Å². The van der Waals surface area contributed by atoms with Gasteiger partial charge in [0.15, 0.2) is 0 Å². The van der Waals surface area contributed by atoms with Crippen LogP contribution in [-0.2, 0) is 9.53 Å². The van der Waals surface area contributed by atoms with Gasteiger partial charge < -0.3 is 20.5 Å². The maximum Gasteiger partial charge on any atom is 0.326 e. The fourth-order valence-electron chi connectivity index (χ4n) is 2.68. The van der Waals surface area contributed by atoms with Gasteiger partial charge in [-0.3, -0.25) is 0 Å². The van der Waals surface area contributed by atoms with E-state index in [0.29, 0.717) is 6.61 Å². The Kier molecular flexibility index (Phi) is 7.36. The van der Waals surface area contributed by atoms with Gasteiger partial charge in [-0.15, -0.1) is 0 Å². The van der Waals surface area contributed by atoms with Gasteiger partial charge in [-0.05, 0) is 25.2 Å². The van der Waals surface area contributed by atoms with Crippen molar-refractivity contribution in [2.75, 3.05) is 13.7 Å². The fraction of sp³-hybridized carbons (Fsp3) is 0.857. The minimum Gasteiger partial charge on any atom is -0.480 e. The van der Waals surface area contributed by atoms with Crippen molar-refractivity contribution < 1.29 is 19.4 Å². The highest BCUT2D eigenvalue weighted by Gasteiger charge is 2.30. The monoisotopic (exact) mass is 286 g/mol. The van der Waals surface area contributed by atoms with Crippen LogP contribution in [0.4, 0.5) is 4.79 Å². The third-order valence-corrected chi connectivity index (χ3v) is 3.87. The molecule has 0 aromatic rings. The number of amides is 2. The number of hydrogen-bond acceptors (Lipinski definition) is 3. The molecule has 0 aromatic heterocycles. The minimum absolute atomic E-state index is 0.0366. The molecule has 2 unspecified atom stereocenters. The Hall–Kier alpha value is -1.30. The third-order valence-electron chi connectivity index (χ3n) is 3.87. The SMILES string of the molecule is CCC(COC)NC(=O)NC(C(=O)O)C1CCCCC1. The molecule has 0 spiro atoms. The van der Waals surface area contributed by atoms with Gasteiger partial charge in [-0.25, -0.2) is 9.59 Å². The van der Waals surface area contributed by atoms with Crippen molar-refractivity contribution in [2.45, 2.75) is 57.5 Å². The summed E-state index contributed by atoms with van der Waals surface area (Å²) >= 11 is 0. The molecule has 0 radical (unpaired) electrons. The lowest BCUT2D eigenvalue weighted by Gasteiger charge is -2.28. The molecule has 6 heteroatoms. The van der Waals surface area contributed by atoms with Gasteiger partial charge in [0, 0.05) is 7.11 Å². The number of nitrogens with one attached hydrogen (secondary N) is 2. The summed E-state index contributed by atoms with van der Waals surface area (Å²) in [6.45, 7) is 2.37. The highest BCUT2D eigenvalue weighted by atomic mass is 16.5. The van der Waals surface area contributed by atoms with Crippen molar-refractivity contribution in [2.24, 2.45) is 5.92 Å². The predicted molar refractivity (Wildman–Crippen MR) is 75.6 cm³/mol. The average molecular weight is 286 g/mol. The quantitative estimate of drug-likeness (QED) is 0.665. The molecule has 1 aliphatic rings. The van der Waals surface area contributed by atoms with E-state index in [0.717, 1.165) is 38.5 Å². The lowest BCUT2D eigenvalue weighted by Crippen LogP contribution is -2.52. The van der Waals surface area contributed by atoms with E-state index < -0.39 is 18.0 Å². The molecule has 6 nitrogen and oxygen atoms in total. The van der Waals surface area contributed by atoms with E-state index in [4.69, 9.17) is 4.74 Å². The van der Waals surface area contributed by atoms with Crippen LogP contribution in [0.3, 0.4) is 0 Å². The zero-order valence-corrected chi connectivity index (χ0v) is 12.4. The Morgan fingerprint density at radius 2 is 1.90 bits per heavy atom. The molecule has 0 heterocycles. The van der Waals surface area contributed by atoms with Crippen LogP contribution in [0.1, 0.15) is 45.4 Å². The molecule has 1 aliphatic carbocycles. The van der Waals surface area contributed by atoms with Crippen molar-refractivity contribution in [3.05, 3.63) is 0 Å². The summed E-state index contributed by atoms with van der Waals surface area (Å²) in [6, 6.07) is -1.32. The van der Waals surface area contributed by atoms with E-state index in [1.165, 1.54) is 0 Å². The zero-order valence-electron chi connectivity index (χ0n) is 12.4. The van der Waals surface area contributed by atoms with Crippen molar-refractivity contribution in [3.8, 4) is 0 Å². The molecule has 2 atom stereocenters. The molecule has 2 amide bonds. The summed E-state index contributed by atoms with van der Waals surface area (Å²) in [5.41, 5.74) is 0. The number of ether oxygens (including phenoxy) is 1. The van der Waals surface area contributed by atoms with Crippen molar-refractivity contribution >= 4 is 12.0 Å². The molecule has 20 heavy (non-hydrogen) atoms. The Morgan fingerprint density at radius 3 is 2.40 bits per heavy atom. The molecule has 0 saturated heterocycles. The lowest BCUT2D eigenvalue weighted by molar-refractivity contribution is -0.141. The maximum atomic E-state index is 11.9. The summed E-state index contributed by atoms with van der Waals surface area (Å²) in [4.78, 5) is 23.3. The zero-order chi connectivity index (χ0) is 15.0. The van der Waals surface area contributed by atoms with Crippen molar-refractivity contribution in [1.29, 1.82) is 0 Å². The second-order valence-electron chi connectivity index (χ2n) is 5.39. The van der Waals surface area contributed by atoms with Crippen LogP contribution in [0.25, 0.3) is 0 Å². The number of carbonyl (C=O) groups excluding carboxylic acids is 1. The van der Waals surface area contributed by atoms with Crippen molar-refractivity contribution in [1.82, 2.24) is 10.6 Å². The van der Waals surface area contributed by atoms with Gasteiger partial charge in [0.2, 0.25) is 0 Å². The van der Waals surface area contributed by atoms with Gasteiger partial charge in [-0.2, -0.15) is 0 Å². The number of carbonyl (C=O) groups is 2. The predicted octanol–water partition coefficient (Wildman–Crippen LogP) is 1.74. The topological polar surface area (TPSA) is 87.7 Å². The summed E-state index contributed by atoms with van der Waals surface area (Å²) < 4.78 is 5.01. The number of urea groups is 1. The van der Waals surface area contributed by atoms with Crippen LogP contribution in [0, 0.1) is 5.92 Å². The molecular formula is C14H26N2O4. The Balaban J connectivity index is 2.51. The summed E-state index contributed by atoms with van der Waals surface area (Å²) in [5.74, 6) is -0.915.